The highest BCUT2D eigenvalue weighted by atomic mass is 16.6. The summed E-state index contributed by atoms with van der Waals surface area (Å²) in [7, 11) is 1.21. The summed E-state index contributed by atoms with van der Waals surface area (Å²) in [6.07, 6.45) is -0.126. The van der Waals surface area contributed by atoms with Crippen LogP contribution in [0.4, 0.5) is 5.69 Å². The van der Waals surface area contributed by atoms with Crippen LogP contribution in [0, 0.1) is 10.1 Å². The highest BCUT2D eigenvalue weighted by molar-refractivity contribution is 5.78. The first-order chi connectivity index (χ1) is 9.03. The smallest absolute Gasteiger partial charge is 0.347 e. The summed E-state index contributed by atoms with van der Waals surface area (Å²) in [6.45, 7) is 1.69. The topological polar surface area (TPSA) is 95.7 Å². The number of esters is 1. The summed E-state index contributed by atoms with van der Waals surface area (Å²) in [5, 5.41) is 10.9. The van der Waals surface area contributed by atoms with Crippen molar-refractivity contribution in [3.05, 3.63) is 33.9 Å². The van der Waals surface area contributed by atoms with Crippen molar-refractivity contribution >= 4 is 17.9 Å². The van der Waals surface area contributed by atoms with E-state index in [9.17, 15) is 19.7 Å². The Balaban J connectivity index is 3.09. The average molecular weight is 267 g/mol. The number of hydrogen-bond acceptors (Lipinski definition) is 6. The molecular weight excluding hydrogens is 254 g/mol. The third kappa shape index (κ3) is 3.51. The molecule has 1 aromatic rings. The molecule has 1 atom stereocenters. The van der Waals surface area contributed by atoms with Crippen LogP contribution in [0.15, 0.2) is 18.2 Å². The normalized spacial score (nSPS) is 11.5. The molecule has 1 rings (SSSR count). The summed E-state index contributed by atoms with van der Waals surface area (Å²) in [5.41, 5.74) is -0.211. The van der Waals surface area contributed by atoms with Crippen molar-refractivity contribution in [1.82, 2.24) is 0 Å². The number of nitrogens with zero attached hydrogens (tertiary/aromatic N) is 1. The molecule has 19 heavy (non-hydrogen) atoms. The van der Waals surface area contributed by atoms with Crippen LogP contribution in [-0.2, 0) is 9.53 Å². The minimum Gasteiger partial charge on any atom is -0.472 e. The molecule has 0 saturated carbocycles. The largest absolute Gasteiger partial charge is 0.472 e. The van der Waals surface area contributed by atoms with Gasteiger partial charge in [-0.15, -0.1) is 0 Å². The standard InChI is InChI=1S/C12H13NO6/c1-3-10(12(15)18-2)19-11-5-4-8(7-14)6-9(11)13(16)17/h4-7,10H,3H2,1-2H3. The molecule has 0 amide bonds. The lowest BCUT2D eigenvalue weighted by Gasteiger charge is -2.15. The molecule has 0 heterocycles. The fourth-order valence-electron chi connectivity index (χ4n) is 1.43. The van der Waals surface area contributed by atoms with E-state index in [0.29, 0.717) is 12.7 Å². The number of carbonyl (C=O) groups excluding carboxylic acids is 2. The summed E-state index contributed by atoms with van der Waals surface area (Å²) < 4.78 is 9.81. The Bertz CT molecular complexity index is 499. The fourth-order valence-corrected chi connectivity index (χ4v) is 1.43. The minimum atomic E-state index is -0.925. The van der Waals surface area contributed by atoms with Gasteiger partial charge in [0.05, 0.1) is 12.0 Å². The van der Waals surface area contributed by atoms with E-state index in [0.717, 1.165) is 6.07 Å². The molecular formula is C12H13NO6. The Hall–Kier alpha value is -2.44. The molecule has 1 unspecified atom stereocenters. The van der Waals surface area contributed by atoms with Gasteiger partial charge in [-0.25, -0.2) is 4.79 Å². The molecule has 0 N–H and O–H groups in total. The van der Waals surface area contributed by atoms with Crippen molar-refractivity contribution in [2.24, 2.45) is 0 Å². The molecule has 0 bridgehead atoms. The van der Waals surface area contributed by atoms with Gasteiger partial charge in [0.2, 0.25) is 0 Å². The molecule has 0 aliphatic heterocycles. The average Bonchev–Trinajstić information content (AvgIpc) is 2.43. The predicted octanol–water partition coefficient (Wildman–Crippen LogP) is 1.74. The first-order valence-corrected chi connectivity index (χ1v) is 5.51. The summed E-state index contributed by atoms with van der Waals surface area (Å²) in [5.74, 6) is -0.691. The van der Waals surface area contributed by atoms with Crippen LogP contribution in [0.3, 0.4) is 0 Å². The maximum Gasteiger partial charge on any atom is 0.347 e. The SMILES string of the molecule is CCC(Oc1ccc(C=O)cc1[N+](=O)[O-])C(=O)OC. The van der Waals surface area contributed by atoms with E-state index in [1.54, 1.807) is 6.92 Å². The lowest BCUT2D eigenvalue weighted by molar-refractivity contribution is -0.386. The Labute approximate surface area is 109 Å². The van der Waals surface area contributed by atoms with Crippen LogP contribution >= 0.6 is 0 Å². The second-order valence-corrected chi connectivity index (χ2v) is 3.64. The summed E-state index contributed by atoms with van der Waals surface area (Å²) in [4.78, 5) is 32.2. The van der Waals surface area contributed by atoms with Gasteiger partial charge in [0, 0.05) is 11.6 Å². The van der Waals surface area contributed by atoms with Crippen LogP contribution in [-0.4, -0.2) is 30.4 Å². The van der Waals surface area contributed by atoms with E-state index in [1.165, 1.54) is 19.2 Å². The minimum absolute atomic E-state index is 0.0761. The van der Waals surface area contributed by atoms with Crippen molar-refractivity contribution in [1.29, 1.82) is 0 Å². The molecule has 0 aliphatic rings. The fraction of sp³-hybridized carbons (Fsp3) is 0.333. The number of benzene rings is 1. The molecule has 7 nitrogen and oxygen atoms in total. The van der Waals surface area contributed by atoms with Gasteiger partial charge in [0.15, 0.2) is 11.9 Å². The number of nitro groups is 1. The lowest BCUT2D eigenvalue weighted by Crippen LogP contribution is -2.28. The van der Waals surface area contributed by atoms with Crippen molar-refractivity contribution in [2.75, 3.05) is 7.11 Å². The monoisotopic (exact) mass is 267 g/mol. The maximum atomic E-state index is 11.4. The zero-order valence-corrected chi connectivity index (χ0v) is 10.5. The van der Waals surface area contributed by atoms with Gasteiger partial charge in [-0.2, -0.15) is 0 Å². The van der Waals surface area contributed by atoms with Gasteiger partial charge in [-0.05, 0) is 18.6 Å². The zero-order chi connectivity index (χ0) is 14.4. The van der Waals surface area contributed by atoms with E-state index in [4.69, 9.17) is 4.74 Å². The van der Waals surface area contributed by atoms with Gasteiger partial charge < -0.3 is 9.47 Å². The quantitative estimate of drug-likeness (QED) is 0.337. The Kier molecular flexibility index (Phi) is 4.99. The van der Waals surface area contributed by atoms with Gasteiger partial charge in [-0.1, -0.05) is 6.92 Å². The molecule has 0 fully saturated rings. The first kappa shape index (κ1) is 14.6. The molecule has 0 aromatic heterocycles. The third-order valence-electron chi connectivity index (χ3n) is 2.42. The number of nitro benzene ring substituents is 1. The summed E-state index contributed by atoms with van der Waals surface area (Å²) >= 11 is 0. The Morgan fingerprint density at radius 2 is 2.21 bits per heavy atom. The molecule has 7 heteroatoms. The van der Waals surface area contributed by atoms with E-state index >= 15 is 0 Å². The van der Waals surface area contributed by atoms with Crippen molar-refractivity contribution in [2.45, 2.75) is 19.4 Å². The van der Waals surface area contributed by atoms with Gasteiger partial charge in [0.1, 0.15) is 6.29 Å². The van der Waals surface area contributed by atoms with Gasteiger partial charge in [0.25, 0.3) is 0 Å². The molecule has 0 spiro atoms. The third-order valence-corrected chi connectivity index (χ3v) is 2.42. The van der Waals surface area contributed by atoms with Crippen molar-refractivity contribution in [3.8, 4) is 5.75 Å². The number of rotatable bonds is 6. The van der Waals surface area contributed by atoms with Gasteiger partial charge >= 0.3 is 11.7 Å². The molecule has 0 saturated heterocycles. The second kappa shape index (κ2) is 6.48. The zero-order valence-electron chi connectivity index (χ0n) is 10.5. The second-order valence-electron chi connectivity index (χ2n) is 3.64. The van der Waals surface area contributed by atoms with E-state index in [-0.39, 0.29) is 17.0 Å². The van der Waals surface area contributed by atoms with Crippen LogP contribution in [0.1, 0.15) is 23.7 Å². The number of hydrogen-bond donors (Lipinski definition) is 0. The lowest BCUT2D eigenvalue weighted by atomic mass is 10.2. The molecule has 102 valence electrons. The van der Waals surface area contributed by atoms with Crippen molar-refractivity contribution < 1.29 is 24.0 Å². The maximum absolute atomic E-state index is 11.4. The van der Waals surface area contributed by atoms with E-state index < -0.39 is 17.0 Å². The van der Waals surface area contributed by atoms with Crippen LogP contribution in [0.2, 0.25) is 0 Å². The molecule has 0 aliphatic carbocycles. The number of aldehydes is 1. The number of carbonyl (C=O) groups is 2. The van der Waals surface area contributed by atoms with Crippen LogP contribution in [0.25, 0.3) is 0 Å². The van der Waals surface area contributed by atoms with Crippen molar-refractivity contribution in [3.63, 3.8) is 0 Å². The highest BCUT2D eigenvalue weighted by Crippen LogP contribution is 2.29. The Morgan fingerprint density at radius 1 is 1.53 bits per heavy atom. The molecule has 0 radical (unpaired) electrons. The van der Waals surface area contributed by atoms with E-state index in [2.05, 4.69) is 4.74 Å². The summed E-state index contributed by atoms with van der Waals surface area (Å²) in [6, 6.07) is 3.75. The van der Waals surface area contributed by atoms with Crippen LogP contribution in [0.5, 0.6) is 5.75 Å². The first-order valence-electron chi connectivity index (χ1n) is 5.51. The molecule has 1 aromatic carbocycles. The number of ether oxygens (including phenoxy) is 2. The number of methoxy groups -OCH3 is 1. The van der Waals surface area contributed by atoms with E-state index in [1.807, 2.05) is 0 Å². The Morgan fingerprint density at radius 3 is 2.68 bits per heavy atom. The predicted molar refractivity (Wildman–Crippen MR) is 65.2 cm³/mol. The highest BCUT2D eigenvalue weighted by Gasteiger charge is 2.24. The van der Waals surface area contributed by atoms with Gasteiger partial charge in [-0.3, -0.25) is 14.9 Å². The van der Waals surface area contributed by atoms with Crippen LogP contribution < -0.4 is 4.74 Å².